The second-order valence-electron chi connectivity index (χ2n) is 12.4. The second-order valence-corrected chi connectivity index (χ2v) is 12.4. The first-order valence-corrected chi connectivity index (χ1v) is 12.7. The summed E-state index contributed by atoms with van der Waals surface area (Å²) in [7, 11) is 1.50. The molecule has 2 fully saturated rings. The van der Waals surface area contributed by atoms with E-state index in [1.807, 2.05) is 54.5 Å². The molecule has 7 nitrogen and oxygen atoms in total. The van der Waals surface area contributed by atoms with Crippen molar-refractivity contribution in [3.63, 3.8) is 0 Å². The highest BCUT2D eigenvalue weighted by molar-refractivity contribution is 6.19. The number of ether oxygens (including phenoxy) is 4. The Kier molecular flexibility index (Phi) is 4.36. The molecule has 5 atom stereocenters. The molecule has 1 spiro atoms. The van der Waals surface area contributed by atoms with E-state index in [1.165, 1.54) is 13.2 Å². The van der Waals surface area contributed by atoms with Gasteiger partial charge in [-0.1, -0.05) is 25.5 Å². The number of carbonyl (C=O) groups excluding carboxylic acids is 2. The van der Waals surface area contributed by atoms with Gasteiger partial charge in [-0.3, -0.25) is 9.59 Å². The van der Waals surface area contributed by atoms with Crippen molar-refractivity contribution in [2.75, 3.05) is 7.11 Å². The van der Waals surface area contributed by atoms with E-state index in [0.717, 1.165) is 11.1 Å². The van der Waals surface area contributed by atoms with Crippen LogP contribution in [0.4, 0.5) is 0 Å². The highest BCUT2D eigenvalue weighted by Gasteiger charge is 2.84. The molecule has 3 aliphatic heterocycles. The average Bonchev–Trinajstić information content (AvgIpc) is 3.10. The summed E-state index contributed by atoms with van der Waals surface area (Å²) in [4.78, 5) is 28.7. The van der Waals surface area contributed by atoms with Crippen LogP contribution < -0.4 is 9.47 Å². The number of methoxy groups -OCH3 is 1. The highest BCUT2D eigenvalue weighted by atomic mass is 16.6. The third-order valence-corrected chi connectivity index (χ3v) is 9.49. The van der Waals surface area contributed by atoms with Crippen LogP contribution in [-0.4, -0.2) is 52.3 Å². The molecule has 0 amide bonds. The lowest BCUT2D eigenvalue weighted by Crippen LogP contribution is -2.77. The van der Waals surface area contributed by atoms with Crippen LogP contribution in [0, 0.1) is 5.92 Å². The Hall–Kier alpha value is -2.64. The van der Waals surface area contributed by atoms with Crippen molar-refractivity contribution in [2.24, 2.45) is 5.92 Å². The Bertz CT molecular complexity index is 1310. The third kappa shape index (κ3) is 2.37. The minimum atomic E-state index is -1.46. The molecule has 7 heteroatoms. The van der Waals surface area contributed by atoms with E-state index in [9.17, 15) is 14.7 Å². The highest BCUT2D eigenvalue weighted by Crippen LogP contribution is 2.70. The van der Waals surface area contributed by atoms with Crippen LogP contribution in [0.15, 0.2) is 29.4 Å². The molecule has 3 heterocycles. The van der Waals surface area contributed by atoms with E-state index < -0.39 is 27.8 Å². The number of phenolic OH excluding ortho intramolecular Hbond substituents is 1. The first-order valence-electron chi connectivity index (χ1n) is 12.7. The van der Waals surface area contributed by atoms with Crippen LogP contribution in [0.5, 0.6) is 17.2 Å². The van der Waals surface area contributed by atoms with Gasteiger partial charge in [0.2, 0.25) is 5.78 Å². The predicted octanol–water partition coefficient (Wildman–Crippen LogP) is 4.58. The normalized spacial score (nSPS) is 37.9. The van der Waals surface area contributed by atoms with E-state index in [0.29, 0.717) is 23.5 Å². The topological polar surface area (TPSA) is 91.3 Å². The maximum Gasteiger partial charge on any atom is 0.205 e. The van der Waals surface area contributed by atoms with Gasteiger partial charge in [0.05, 0.1) is 5.60 Å². The Morgan fingerprint density at radius 1 is 1.22 bits per heavy atom. The fourth-order valence-electron chi connectivity index (χ4n) is 7.37. The van der Waals surface area contributed by atoms with Crippen molar-refractivity contribution < 1.29 is 33.6 Å². The lowest BCUT2D eigenvalue weighted by atomic mass is 9.49. The Balaban J connectivity index is 1.71. The van der Waals surface area contributed by atoms with Crippen LogP contribution in [-0.2, 0) is 19.7 Å². The van der Waals surface area contributed by atoms with Gasteiger partial charge in [-0.25, -0.2) is 0 Å². The number of aromatic hydroxyl groups is 1. The van der Waals surface area contributed by atoms with Crippen LogP contribution in [0.2, 0.25) is 0 Å². The summed E-state index contributed by atoms with van der Waals surface area (Å²) in [6, 6.07) is 1.51. The summed E-state index contributed by atoms with van der Waals surface area (Å²) in [5, 5.41) is 11.0. The zero-order valence-electron chi connectivity index (χ0n) is 22.2. The van der Waals surface area contributed by atoms with Crippen molar-refractivity contribution >= 4 is 11.6 Å². The molecule has 1 saturated carbocycles. The number of benzene rings is 1. The van der Waals surface area contributed by atoms with Crippen LogP contribution >= 0.6 is 0 Å². The quantitative estimate of drug-likeness (QED) is 0.615. The van der Waals surface area contributed by atoms with Gasteiger partial charge in [-0.15, -0.1) is 0 Å². The van der Waals surface area contributed by atoms with Crippen LogP contribution in [0.1, 0.15) is 77.2 Å². The minimum absolute atomic E-state index is 0.109. The van der Waals surface area contributed by atoms with Gasteiger partial charge in [0.1, 0.15) is 34.5 Å². The molecule has 192 valence electrons. The summed E-state index contributed by atoms with van der Waals surface area (Å²) < 4.78 is 25.8. The number of ketones is 2. The molecular weight excluding hydrogens is 460 g/mol. The molecule has 5 unspecified atom stereocenters. The number of allylic oxidation sites excluding steroid dienone is 1. The number of fused-ring (bicyclic) bond motifs is 3. The lowest BCUT2D eigenvalue weighted by molar-refractivity contribution is -0.190. The number of hydrogen-bond acceptors (Lipinski definition) is 7. The van der Waals surface area contributed by atoms with Gasteiger partial charge >= 0.3 is 0 Å². The Morgan fingerprint density at radius 2 is 1.92 bits per heavy atom. The Labute approximate surface area is 211 Å². The number of phenols is 1. The average molecular weight is 495 g/mol. The summed E-state index contributed by atoms with van der Waals surface area (Å²) in [6.07, 6.45) is 4.00. The van der Waals surface area contributed by atoms with Crippen LogP contribution in [0.3, 0.4) is 0 Å². The van der Waals surface area contributed by atoms with Gasteiger partial charge in [0, 0.05) is 42.1 Å². The summed E-state index contributed by atoms with van der Waals surface area (Å²) >= 11 is 0. The van der Waals surface area contributed by atoms with Gasteiger partial charge in [-0.2, -0.15) is 0 Å². The van der Waals surface area contributed by atoms with Crippen molar-refractivity contribution in [1.82, 2.24) is 0 Å². The summed E-state index contributed by atoms with van der Waals surface area (Å²) in [5.74, 6) is -0.319. The van der Waals surface area contributed by atoms with Crippen molar-refractivity contribution in [2.45, 2.75) is 95.2 Å². The standard InChI is InChI=1S/C29H34O7/c1-14(2)9-10-28-24(32)27(33-8)12-16-22(31)20-17(30)11-18-21(25(4,5)15(3)34-18)23(20)35-29(16,28)19(13-27)26(6,7)36-28/h9,11-12,15,19,30H,10,13H2,1-8H3. The smallest absolute Gasteiger partial charge is 0.205 e. The Morgan fingerprint density at radius 3 is 2.56 bits per heavy atom. The van der Waals surface area contributed by atoms with E-state index in [4.69, 9.17) is 18.9 Å². The number of hydrogen-bond donors (Lipinski definition) is 1. The second kappa shape index (κ2) is 6.62. The minimum Gasteiger partial charge on any atom is -0.507 e. The zero-order valence-corrected chi connectivity index (χ0v) is 22.2. The predicted molar refractivity (Wildman–Crippen MR) is 132 cm³/mol. The molecule has 7 rings (SSSR count). The SMILES string of the molecule is COC12C=C3C(=O)c4c(O)cc5c(c4OC34C(C1)C(C)(C)OC4(CC=C(C)C)C2=O)C(C)(C)C(C)O5. The van der Waals surface area contributed by atoms with Crippen molar-refractivity contribution in [1.29, 1.82) is 0 Å². The van der Waals surface area contributed by atoms with Gasteiger partial charge in [-0.05, 0) is 47.1 Å². The zero-order chi connectivity index (χ0) is 26.2. The van der Waals surface area contributed by atoms with Gasteiger partial charge in [0.25, 0.3) is 0 Å². The molecule has 6 aliphatic rings. The molecule has 1 N–H and O–H groups in total. The molecule has 1 saturated heterocycles. The third-order valence-electron chi connectivity index (χ3n) is 9.49. The molecule has 1 aromatic carbocycles. The fraction of sp³-hybridized carbons (Fsp3) is 0.586. The summed E-state index contributed by atoms with van der Waals surface area (Å²) in [5.41, 5.74) is -3.17. The largest absolute Gasteiger partial charge is 0.507 e. The fourth-order valence-corrected chi connectivity index (χ4v) is 7.37. The first-order chi connectivity index (χ1) is 16.7. The molecular formula is C29H34O7. The van der Waals surface area contributed by atoms with Crippen LogP contribution in [0.25, 0.3) is 0 Å². The molecule has 36 heavy (non-hydrogen) atoms. The molecule has 1 aromatic rings. The van der Waals surface area contributed by atoms with Gasteiger partial charge in [0.15, 0.2) is 17.0 Å². The monoisotopic (exact) mass is 494 g/mol. The lowest BCUT2D eigenvalue weighted by Gasteiger charge is -2.59. The molecule has 0 radical (unpaired) electrons. The van der Waals surface area contributed by atoms with E-state index in [-0.39, 0.29) is 41.3 Å². The first kappa shape index (κ1) is 23.7. The van der Waals surface area contributed by atoms with E-state index in [2.05, 4.69) is 0 Å². The molecule has 4 bridgehead atoms. The van der Waals surface area contributed by atoms with Gasteiger partial charge < -0.3 is 24.1 Å². The number of Topliss-reactive ketones (excluding diaryl/α,β-unsaturated/α-hetero) is 2. The van der Waals surface area contributed by atoms with Crippen molar-refractivity contribution in [3.8, 4) is 17.2 Å². The maximum absolute atomic E-state index is 14.4. The number of rotatable bonds is 3. The van der Waals surface area contributed by atoms with E-state index >= 15 is 0 Å². The van der Waals surface area contributed by atoms with Crippen molar-refractivity contribution in [3.05, 3.63) is 40.5 Å². The number of carbonyl (C=O) groups is 2. The maximum atomic E-state index is 14.4. The molecule has 0 aromatic heterocycles. The molecule has 3 aliphatic carbocycles. The van der Waals surface area contributed by atoms with E-state index in [1.54, 1.807) is 6.08 Å². The summed E-state index contributed by atoms with van der Waals surface area (Å²) in [6.45, 7) is 13.9.